The summed E-state index contributed by atoms with van der Waals surface area (Å²) in [7, 11) is 0. The molecule has 2 aromatic rings. The zero-order valence-electron chi connectivity index (χ0n) is 13.2. The van der Waals surface area contributed by atoms with Crippen molar-refractivity contribution >= 4 is 22.4 Å². The maximum Gasteiger partial charge on any atom is 0.254 e. The molecule has 24 heavy (non-hydrogen) atoms. The van der Waals surface area contributed by atoms with Crippen molar-refractivity contribution in [1.82, 2.24) is 30.4 Å². The number of carbonyl (C=O) groups excluding carboxylic acids is 1. The molecule has 1 saturated heterocycles. The first-order valence-electron chi connectivity index (χ1n) is 8.28. The highest BCUT2D eigenvalue weighted by molar-refractivity contribution is 7.15. The highest BCUT2D eigenvalue weighted by Crippen LogP contribution is 2.36. The molecule has 2 aliphatic rings. The van der Waals surface area contributed by atoms with Gasteiger partial charge in [-0.15, -0.1) is 15.3 Å². The molecule has 0 spiro atoms. The van der Waals surface area contributed by atoms with Crippen molar-refractivity contribution in [2.24, 2.45) is 0 Å². The summed E-state index contributed by atoms with van der Waals surface area (Å²) in [5.41, 5.74) is -0.739. The number of ether oxygens (including phenoxy) is 1. The van der Waals surface area contributed by atoms with Gasteiger partial charge in [0.15, 0.2) is 0 Å². The number of rotatable bonds is 4. The predicted molar refractivity (Wildman–Crippen MR) is 85.3 cm³/mol. The smallest absolute Gasteiger partial charge is 0.254 e. The predicted octanol–water partition coefficient (Wildman–Crippen LogP) is 1.67. The number of anilines is 1. The van der Waals surface area contributed by atoms with E-state index in [1.165, 1.54) is 17.7 Å². The number of hydrogen-bond donors (Lipinski definition) is 1. The molecule has 2 aromatic heterocycles. The van der Waals surface area contributed by atoms with Crippen LogP contribution in [0.15, 0.2) is 6.33 Å². The number of tetrazole rings is 1. The first-order valence-corrected chi connectivity index (χ1v) is 9.09. The van der Waals surface area contributed by atoms with Crippen molar-refractivity contribution in [3.63, 3.8) is 0 Å². The quantitative estimate of drug-likeness (QED) is 0.894. The summed E-state index contributed by atoms with van der Waals surface area (Å²) in [4.78, 5) is 13.0. The SMILES string of the molecule is O=C(Nc1nnc([C@@H]2CCCO2)s1)C1(n2cnnn2)CCCCC1. The molecule has 0 unspecified atom stereocenters. The molecular weight excluding hydrogens is 330 g/mol. The van der Waals surface area contributed by atoms with Gasteiger partial charge in [0.25, 0.3) is 5.91 Å². The highest BCUT2D eigenvalue weighted by Gasteiger charge is 2.43. The maximum atomic E-state index is 13.0. The Labute approximate surface area is 142 Å². The lowest BCUT2D eigenvalue weighted by Crippen LogP contribution is -2.47. The lowest BCUT2D eigenvalue weighted by Gasteiger charge is -2.34. The van der Waals surface area contributed by atoms with E-state index in [-0.39, 0.29) is 12.0 Å². The van der Waals surface area contributed by atoms with Crippen LogP contribution in [0, 0.1) is 0 Å². The molecule has 1 saturated carbocycles. The molecule has 10 heteroatoms. The van der Waals surface area contributed by atoms with Crippen LogP contribution >= 0.6 is 11.3 Å². The molecule has 3 heterocycles. The number of hydrogen-bond acceptors (Lipinski definition) is 8. The summed E-state index contributed by atoms with van der Waals surface area (Å²) >= 11 is 1.38. The van der Waals surface area contributed by atoms with E-state index in [2.05, 4.69) is 31.0 Å². The van der Waals surface area contributed by atoms with Crippen LogP contribution < -0.4 is 5.32 Å². The zero-order valence-corrected chi connectivity index (χ0v) is 14.0. The van der Waals surface area contributed by atoms with Crippen molar-refractivity contribution in [2.45, 2.75) is 56.6 Å². The first kappa shape index (κ1) is 15.6. The Bertz CT molecular complexity index is 690. The van der Waals surface area contributed by atoms with Gasteiger partial charge in [0.1, 0.15) is 23.0 Å². The monoisotopic (exact) mass is 349 g/mol. The molecule has 1 amide bonds. The van der Waals surface area contributed by atoms with Crippen molar-refractivity contribution in [2.75, 3.05) is 11.9 Å². The number of carbonyl (C=O) groups is 1. The molecule has 4 rings (SSSR count). The average Bonchev–Trinajstić information content (AvgIpc) is 3.36. The third-order valence-electron chi connectivity index (χ3n) is 4.76. The largest absolute Gasteiger partial charge is 0.371 e. The average molecular weight is 349 g/mol. The number of amides is 1. The van der Waals surface area contributed by atoms with Crippen LogP contribution in [0.25, 0.3) is 0 Å². The van der Waals surface area contributed by atoms with Crippen molar-refractivity contribution in [1.29, 1.82) is 0 Å². The van der Waals surface area contributed by atoms with Gasteiger partial charge in [-0.25, -0.2) is 4.68 Å². The van der Waals surface area contributed by atoms with Crippen molar-refractivity contribution in [3.8, 4) is 0 Å². The minimum absolute atomic E-state index is 0.0105. The molecule has 0 radical (unpaired) electrons. The lowest BCUT2D eigenvalue weighted by molar-refractivity contribution is -0.126. The molecule has 1 aliphatic heterocycles. The Morgan fingerprint density at radius 1 is 1.29 bits per heavy atom. The summed E-state index contributed by atoms with van der Waals surface area (Å²) in [6.07, 6.45) is 8.04. The Hall–Kier alpha value is -1.94. The van der Waals surface area contributed by atoms with Gasteiger partial charge in [0, 0.05) is 6.61 Å². The molecule has 1 aliphatic carbocycles. The van der Waals surface area contributed by atoms with Crippen LogP contribution in [-0.4, -0.2) is 42.9 Å². The van der Waals surface area contributed by atoms with Crippen molar-refractivity contribution < 1.29 is 9.53 Å². The zero-order chi connectivity index (χ0) is 16.4. The summed E-state index contributed by atoms with van der Waals surface area (Å²) in [5, 5.41) is 23.9. The Balaban J connectivity index is 1.53. The van der Waals surface area contributed by atoms with E-state index in [1.54, 1.807) is 4.68 Å². The van der Waals surface area contributed by atoms with Crippen LogP contribution in [0.5, 0.6) is 0 Å². The first-order chi connectivity index (χ1) is 11.8. The van der Waals surface area contributed by atoms with E-state index < -0.39 is 5.54 Å². The van der Waals surface area contributed by atoms with Crippen LogP contribution in [0.2, 0.25) is 0 Å². The Morgan fingerprint density at radius 2 is 2.17 bits per heavy atom. The van der Waals surface area contributed by atoms with Crippen LogP contribution in [-0.2, 0) is 15.1 Å². The van der Waals surface area contributed by atoms with Gasteiger partial charge in [-0.2, -0.15) is 0 Å². The third kappa shape index (κ3) is 2.80. The van der Waals surface area contributed by atoms with E-state index in [0.717, 1.165) is 56.6 Å². The summed E-state index contributed by atoms with van der Waals surface area (Å²) in [5.74, 6) is -0.121. The summed E-state index contributed by atoms with van der Waals surface area (Å²) < 4.78 is 7.20. The van der Waals surface area contributed by atoms with Gasteiger partial charge in [-0.3, -0.25) is 10.1 Å². The van der Waals surface area contributed by atoms with E-state index in [4.69, 9.17) is 4.74 Å². The molecule has 1 atom stereocenters. The minimum Gasteiger partial charge on any atom is -0.371 e. The van der Waals surface area contributed by atoms with Gasteiger partial charge in [0.05, 0.1) is 0 Å². The Kier molecular flexibility index (Phi) is 4.23. The second-order valence-corrected chi connectivity index (χ2v) is 7.26. The number of aromatic nitrogens is 6. The molecule has 128 valence electrons. The van der Waals surface area contributed by atoms with E-state index in [0.29, 0.717) is 5.13 Å². The third-order valence-corrected chi connectivity index (χ3v) is 5.69. The second kappa shape index (κ2) is 6.52. The topological polar surface area (TPSA) is 108 Å². The number of nitrogens with zero attached hydrogens (tertiary/aromatic N) is 6. The van der Waals surface area contributed by atoms with Gasteiger partial charge in [-0.1, -0.05) is 30.6 Å². The molecule has 2 fully saturated rings. The van der Waals surface area contributed by atoms with Gasteiger partial charge in [0.2, 0.25) is 5.13 Å². The van der Waals surface area contributed by atoms with E-state index in [1.807, 2.05) is 0 Å². The highest BCUT2D eigenvalue weighted by atomic mass is 32.1. The maximum absolute atomic E-state index is 13.0. The van der Waals surface area contributed by atoms with E-state index >= 15 is 0 Å². The summed E-state index contributed by atoms with van der Waals surface area (Å²) in [6.45, 7) is 0.758. The van der Waals surface area contributed by atoms with Crippen LogP contribution in [0.1, 0.15) is 56.1 Å². The fourth-order valence-corrected chi connectivity index (χ4v) is 4.28. The fraction of sp³-hybridized carbons (Fsp3) is 0.714. The summed E-state index contributed by atoms with van der Waals surface area (Å²) in [6, 6.07) is 0. The molecule has 9 nitrogen and oxygen atoms in total. The fourth-order valence-electron chi connectivity index (χ4n) is 3.46. The second-order valence-electron chi connectivity index (χ2n) is 6.25. The lowest BCUT2D eigenvalue weighted by atomic mass is 9.81. The number of nitrogens with one attached hydrogen (secondary N) is 1. The Morgan fingerprint density at radius 3 is 2.88 bits per heavy atom. The minimum atomic E-state index is -0.739. The molecular formula is C14H19N7O2S. The van der Waals surface area contributed by atoms with E-state index in [9.17, 15) is 4.79 Å². The normalized spacial score (nSPS) is 23.2. The van der Waals surface area contributed by atoms with Gasteiger partial charge >= 0.3 is 0 Å². The molecule has 1 N–H and O–H groups in total. The van der Waals surface area contributed by atoms with Crippen LogP contribution in [0.4, 0.5) is 5.13 Å². The van der Waals surface area contributed by atoms with Crippen molar-refractivity contribution in [3.05, 3.63) is 11.3 Å². The van der Waals surface area contributed by atoms with Gasteiger partial charge in [-0.05, 0) is 36.1 Å². The van der Waals surface area contributed by atoms with Crippen LogP contribution in [0.3, 0.4) is 0 Å². The molecule has 0 bridgehead atoms. The molecule has 0 aromatic carbocycles. The standard InChI is InChI=1S/C14H19N7O2S/c22-12(14(6-2-1-3-7-14)21-9-15-19-20-21)16-13-18-17-11(24-13)10-5-4-8-23-10/h9-10H,1-8H2,(H,16,18,22)/t10-/m0/s1. The van der Waals surface area contributed by atoms with Gasteiger partial charge < -0.3 is 4.74 Å².